The van der Waals surface area contributed by atoms with Crippen LogP contribution < -0.4 is 5.32 Å². The first kappa shape index (κ1) is 10.9. The number of nitrogens with one attached hydrogen (secondary N) is 2. The maximum absolute atomic E-state index is 13.0. The topological polar surface area (TPSA) is 57.8 Å². The van der Waals surface area contributed by atoms with Gasteiger partial charge in [-0.1, -0.05) is 0 Å². The van der Waals surface area contributed by atoms with Gasteiger partial charge in [-0.25, -0.2) is 0 Å². The van der Waals surface area contributed by atoms with Crippen molar-refractivity contribution in [3.05, 3.63) is 41.4 Å². The van der Waals surface area contributed by atoms with Crippen LogP contribution in [-0.4, -0.2) is 22.4 Å². The lowest BCUT2D eigenvalue weighted by Gasteiger charge is -2.10. The highest BCUT2D eigenvalue weighted by molar-refractivity contribution is 5.97. The Kier molecular flexibility index (Phi) is 2.36. The molecule has 2 aromatic rings. The van der Waals surface area contributed by atoms with Crippen LogP contribution in [0.5, 0.6) is 0 Å². The van der Waals surface area contributed by atoms with E-state index in [1.54, 1.807) is 6.07 Å². The van der Waals surface area contributed by atoms with E-state index in [4.69, 9.17) is 0 Å². The van der Waals surface area contributed by atoms with Gasteiger partial charge in [-0.05, 0) is 6.07 Å². The Morgan fingerprint density at radius 3 is 2.56 bits per heavy atom. The fraction of sp³-hybridized carbons (Fsp3) is 0.167. The van der Waals surface area contributed by atoms with Crippen molar-refractivity contribution in [2.24, 2.45) is 0 Å². The van der Waals surface area contributed by atoms with Gasteiger partial charge in [0.1, 0.15) is 0 Å². The third kappa shape index (κ3) is 1.75. The van der Waals surface area contributed by atoms with Crippen molar-refractivity contribution in [2.75, 3.05) is 6.54 Å². The molecule has 1 aliphatic heterocycles. The summed E-state index contributed by atoms with van der Waals surface area (Å²) >= 11 is 0. The molecule has 3 heterocycles. The molecule has 18 heavy (non-hydrogen) atoms. The number of halogens is 2. The Balaban J connectivity index is 2.10. The average molecular weight is 249 g/mol. The van der Waals surface area contributed by atoms with Crippen LogP contribution in [0.1, 0.15) is 16.1 Å². The molecule has 2 N–H and O–H groups in total. The lowest BCUT2D eigenvalue weighted by atomic mass is 10.1. The van der Waals surface area contributed by atoms with Crippen LogP contribution in [0.2, 0.25) is 0 Å². The number of aromatic amines is 1. The number of H-pyrrole nitrogens is 1. The minimum absolute atomic E-state index is 0.172. The van der Waals surface area contributed by atoms with E-state index in [9.17, 15) is 13.6 Å². The summed E-state index contributed by atoms with van der Waals surface area (Å²) in [7, 11) is 0. The predicted molar refractivity (Wildman–Crippen MR) is 60.0 cm³/mol. The van der Waals surface area contributed by atoms with E-state index in [1.807, 2.05) is 0 Å². The molecule has 3 rings (SSSR count). The highest BCUT2D eigenvalue weighted by atomic mass is 19.1. The zero-order chi connectivity index (χ0) is 12.7. The SMILES string of the molecule is O=C1NCCc2[nH]c(-c3cc(F)nc(F)c3)cc21. The molecule has 0 bridgehead atoms. The molecule has 92 valence electrons. The van der Waals surface area contributed by atoms with E-state index in [0.717, 1.165) is 17.8 Å². The fourth-order valence-corrected chi connectivity index (χ4v) is 2.07. The third-order valence-corrected chi connectivity index (χ3v) is 2.88. The molecule has 0 aromatic carbocycles. The number of pyridine rings is 1. The number of carbonyl (C=O) groups is 1. The van der Waals surface area contributed by atoms with Crippen molar-refractivity contribution in [1.29, 1.82) is 0 Å². The zero-order valence-electron chi connectivity index (χ0n) is 9.26. The van der Waals surface area contributed by atoms with Gasteiger partial charge >= 0.3 is 0 Å². The first-order valence-corrected chi connectivity index (χ1v) is 5.47. The molecule has 1 amide bonds. The van der Waals surface area contributed by atoms with Crippen LogP contribution in [0.4, 0.5) is 8.78 Å². The number of carbonyl (C=O) groups excluding carboxylic acids is 1. The standard InChI is InChI=1S/C12H9F2N3O/c13-10-3-6(4-11(14)17-10)9-5-7-8(16-9)1-2-15-12(7)18/h3-5,16H,1-2H2,(H,15,18). The second-order valence-electron chi connectivity index (χ2n) is 4.08. The highest BCUT2D eigenvalue weighted by Gasteiger charge is 2.20. The molecular formula is C12H9F2N3O. The summed E-state index contributed by atoms with van der Waals surface area (Å²) in [5.41, 5.74) is 2.15. The largest absolute Gasteiger partial charge is 0.358 e. The van der Waals surface area contributed by atoms with Crippen molar-refractivity contribution in [1.82, 2.24) is 15.3 Å². The summed E-state index contributed by atoms with van der Waals surface area (Å²) < 4.78 is 26.1. The normalized spacial score (nSPS) is 14.2. The summed E-state index contributed by atoms with van der Waals surface area (Å²) in [5.74, 6) is -1.95. The third-order valence-electron chi connectivity index (χ3n) is 2.88. The van der Waals surface area contributed by atoms with E-state index in [-0.39, 0.29) is 5.91 Å². The second kappa shape index (κ2) is 3.90. The van der Waals surface area contributed by atoms with Crippen LogP contribution in [0.15, 0.2) is 18.2 Å². The minimum Gasteiger partial charge on any atom is -0.358 e. The highest BCUT2D eigenvalue weighted by Crippen LogP contribution is 2.24. The molecule has 0 saturated carbocycles. The fourth-order valence-electron chi connectivity index (χ4n) is 2.07. The lowest BCUT2D eigenvalue weighted by molar-refractivity contribution is 0.0946. The average Bonchev–Trinajstić information content (AvgIpc) is 2.73. The zero-order valence-corrected chi connectivity index (χ0v) is 9.26. The van der Waals surface area contributed by atoms with Gasteiger partial charge in [0.25, 0.3) is 5.91 Å². The van der Waals surface area contributed by atoms with E-state index in [0.29, 0.717) is 29.8 Å². The van der Waals surface area contributed by atoms with Crippen molar-refractivity contribution < 1.29 is 13.6 Å². The van der Waals surface area contributed by atoms with Gasteiger partial charge in [0.2, 0.25) is 11.9 Å². The summed E-state index contributed by atoms with van der Waals surface area (Å²) in [5, 5.41) is 2.71. The van der Waals surface area contributed by atoms with Crippen LogP contribution in [-0.2, 0) is 6.42 Å². The number of aromatic nitrogens is 2. The minimum atomic E-state index is -0.887. The number of fused-ring (bicyclic) bond motifs is 1. The van der Waals surface area contributed by atoms with Gasteiger partial charge in [0.15, 0.2) is 0 Å². The van der Waals surface area contributed by atoms with Crippen molar-refractivity contribution in [2.45, 2.75) is 6.42 Å². The Bertz CT molecular complexity index is 616. The van der Waals surface area contributed by atoms with E-state index < -0.39 is 11.9 Å². The molecule has 1 aliphatic rings. The van der Waals surface area contributed by atoms with Crippen molar-refractivity contribution in [3.8, 4) is 11.3 Å². The summed E-state index contributed by atoms with van der Waals surface area (Å²) in [6.45, 7) is 0.560. The quantitative estimate of drug-likeness (QED) is 0.755. The van der Waals surface area contributed by atoms with Crippen LogP contribution >= 0.6 is 0 Å². The summed E-state index contributed by atoms with van der Waals surface area (Å²) in [6, 6.07) is 3.84. The number of hydrogen-bond donors (Lipinski definition) is 2. The predicted octanol–water partition coefficient (Wildman–Crippen LogP) is 1.64. The number of hydrogen-bond acceptors (Lipinski definition) is 2. The van der Waals surface area contributed by atoms with Crippen molar-refractivity contribution >= 4 is 5.91 Å². The molecule has 0 unspecified atom stereocenters. The number of rotatable bonds is 1. The molecule has 0 aliphatic carbocycles. The first-order chi connectivity index (χ1) is 8.63. The van der Waals surface area contributed by atoms with Gasteiger partial charge in [0.05, 0.1) is 5.56 Å². The Morgan fingerprint density at radius 1 is 1.17 bits per heavy atom. The lowest BCUT2D eigenvalue weighted by Crippen LogP contribution is -2.31. The van der Waals surface area contributed by atoms with Gasteiger partial charge in [-0.3, -0.25) is 4.79 Å². The van der Waals surface area contributed by atoms with Gasteiger partial charge in [0, 0.05) is 42.0 Å². The van der Waals surface area contributed by atoms with Crippen molar-refractivity contribution in [3.63, 3.8) is 0 Å². The Hall–Kier alpha value is -2.24. The van der Waals surface area contributed by atoms with Crippen LogP contribution in [0.25, 0.3) is 11.3 Å². The smallest absolute Gasteiger partial charge is 0.253 e. The maximum atomic E-state index is 13.0. The maximum Gasteiger partial charge on any atom is 0.253 e. The summed E-state index contributed by atoms with van der Waals surface area (Å²) in [6.07, 6.45) is 0.678. The second-order valence-corrected chi connectivity index (χ2v) is 4.08. The van der Waals surface area contributed by atoms with Crippen LogP contribution in [0, 0.1) is 11.9 Å². The molecule has 0 atom stereocenters. The first-order valence-electron chi connectivity index (χ1n) is 5.47. The van der Waals surface area contributed by atoms with Crippen LogP contribution in [0.3, 0.4) is 0 Å². The van der Waals surface area contributed by atoms with Gasteiger partial charge in [-0.15, -0.1) is 0 Å². The molecule has 0 spiro atoms. The molecule has 6 heteroatoms. The van der Waals surface area contributed by atoms with Gasteiger partial charge < -0.3 is 10.3 Å². The molecular weight excluding hydrogens is 240 g/mol. The van der Waals surface area contributed by atoms with Gasteiger partial charge in [-0.2, -0.15) is 13.8 Å². The van der Waals surface area contributed by atoms with E-state index >= 15 is 0 Å². The molecule has 0 fully saturated rings. The summed E-state index contributed by atoms with van der Waals surface area (Å²) in [4.78, 5) is 17.6. The Morgan fingerprint density at radius 2 is 1.89 bits per heavy atom. The monoisotopic (exact) mass is 249 g/mol. The van der Waals surface area contributed by atoms with E-state index in [1.165, 1.54) is 0 Å². The molecule has 2 aromatic heterocycles. The van der Waals surface area contributed by atoms with E-state index in [2.05, 4.69) is 15.3 Å². The molecule has 0 saturated heterocycles. The molecule has 0 radical (unpaired) electrons. The molecule has 4 nitrogen and oxygen atoms in total. The Labute approximate surface area is 101 Å². The number of amides is 1. The number of nitrogens with zero attached hydrogens (tertiary/aromatic N) is 1.